The van der Waals surface area contributed by atoms with E-state index >= 15 is 0 Å². The minimum Gasteiger partial charge on any atom is -0.382 e. The number of carbonyl (C=O) groups excluding carboxylic acids is 1. The molecule has 2 N–H and O–H groups in total. The average Bonchev–Trinajstić information content (AvgIpc) is 3.53. The fraction of sp³-hybridized carbons (Fsp3) is 0.348. The van der Waals surface area contributed by atoms with Gasteiger partial charge in [-0.3, -0.25) is 4.79 Å². The largest absolute Gasteiger partial charge is 0.382 e. The van der Waals surface area contributed by atoms with Gasteiger partial charge in [-0.2, -0.15) is 0 Å². The van der Waals surface area contributed by atoms with Gasteiger partial charge in [0, 0.05) is 42.8 Å². The number of rotatable bonds is 6. The standard InChI is InChI=1S/C23H25N7OS2/c1-13(2)26-18-9-20(27-15-4-5-17-19(8-15)32-12-25-17)24-10-16(18)21-28-29-22(33-21)23(31)30-7-6-14(3)11-30/h4-5,8-10,12-14H,6-7,11H2,1-3H3,(H2,24,26,27). The minimum atomic E-state index is -0.0360. The topological polar surface area (TPSA) is 95.9 Å². The second-order valence-electron chi connectivity index (χ2n) is 8.63. The van der Waals surface area contributed by atoms with Crippen LogP contribution in [0.5, 0.6) is 0 Å². The quantitative estimate of drug-likeness (QED) is 0.390. The van der Waals surface area contributed by atoms with Gasteiger partial charge in [0.1, 0.15) is 5.82 Å². The van der Waals surface area contributed by atoms with Gasteiger partial charge in [-0.25, -0.2) is 9.97 Å². The summed E-state index contributed by atoms with van der Waals surface area (Å²) in [5.74, 6) is 1.22. The highest BCUT2D eigenvalue weighted by atomic mass is 32.1. The van der Waals surface area contributed by atoms with E-state index in [-0.39, 0.29) is 11.9 Å². The lowest BCUT2D eigenvalue weighted by Crippen LogP contribution is -2.28. The Kier molecular flexibility index (Phi) is 5.94. The number of hydrogen-bond donors (Lipinski definition) is 2. The van der Waals surface area contributed by atoms with Crippen LogP contribution < -0.4 is 10.6 Å². The van der Waals surface area contributed by atoms with E-state index in [4.69, 9.17) is 0 Å². The number of likely N-dealkylation sites (tertiary alicyclic amines) is 1. The fourth-order valence-electron chi connectivity index (χ4n) is 3.88. The van der Waals surface area contributed by atoms with Crippen molar-refractivity contribution < 1.29 is 4.79 Å². The summed E-state index contributed by atoms with van der Waals surface area (Å²) in [6.45, 7) is 7.89. The molecule has 33 heavy (non-hydrogen) atoms. The molecule has 1 unspecified atom stereocenters. The highest BCUT2D eigenvalue weighted by molar-refractivity contribution is 7.17. The molecule has 1 atom stereocenters. The number of thiazole rings is 1. The first-order valence-corrected chi connectivity index (χ1v) is 12.7. The highest BCUT2D eigenvalue weighted by Crippen LogP contribution is 2.34. The van der Waals surface area contributed by atoms with Crippen molar-refractivity contribution in [3.8, 4) is 10.6 Å². The van der Waals surface area contributed by atoms with Gasteiger partial charge in [-0.1, -0.05) is 18.3 Å². The van der Waals surface area contributed by atoms with E-state index in [1.54, 1.807) is 17.5 Å². The van der Waals surface area contributed by atoms with E-state index in [0.29, 0.717) is 15.9 Å². The predicted molar refractivity (Wildman–Crippen MR) is 134 cm³/mol. The summed E-state index contributed by atoms with van der Waals surface area (Å²) in [6, 6.07) is 8.25. The molecule has 8 nitrogen and oxygen atoms in total. The second kappa shape index (κ2) is 9.03. The lowest BCUT2D eigenvalue weighted by atomic mass is 10.2. The number of pyridine rings is 1. The molecule has 1 aromatic carbocycles. The van der Waals surface area contributed by atoms with E-state index in [2.05, 4.69) is 57.6 Å². The molecular formula is C23H25N7OS2. The van der Waals surface area contributed by atoms with Crippen LogP contribution in [0.2, 0.25) is 0 Å². The first-order valence-electron chi connectivity index (χ1n) is 11.0. The van der Waals surface area contributed by atoms with Crippen LogP contribution in [0, 0.1) is 5.92 Å². The summed E-state index contributed by atoms with van der Waals surface area (Å²) in [5.41, 5.74) is 5.51. The van der Waals surface area contributed by atoms with Crippen molar-refractivity contribution in [2.24, 2.45) is 5.92 Å². The Bertz CT molecular complexity index is 1300. The zero-order chi connectivity index (χ0) is 22.9. The third-order valence-electron chi connectivity index (χ3n) is 5.50. The fourth-order valence-corrected chi connectivity index (χ4v) is 5.43. The summed E-state index contributed by atoms with van der Waals surface area (Å²) >= 11 is 2.92. The zero-order valence-corrected chi connectivity index (χ0v) is 20.3. The van der Waals surface area contributed by atoms with Crippen molar-refractivity contribution in [1.29, 1.82) is 0 Å². The molecule has 1 aliphatic rings. The highest BCUT2D eigenvalue weighted by Gasteiger charge is 2.27. The molecule has 1 aliphatic heterocycles. The van der Waals surface area contributed by atoms with E-state index < -0.39 is 0 Å². The summed E-state index contributed by atoms with van der Waals surface area (Å²) in [4.78, 5) is 23.6. The molecule has 0 bridgehead atoms. The monoisotopic (exact) mass is 479 g/mol. The molecule has 0 aliphatic carbocycles. The van der Waals surface area contributed by atoms with Gasteiger partial charge < -0.3 is 15.5 Å². The van der Waals surface area contributed by atoms with E-state index in [0.717, 1.165) is 52.5 Å². The van der Waals surface area contributed by atoms with Crippen molar-refractivity contribution in [3.63, 3.8) is 0 Å². The number of carbonyl (C=O) groups is 1. The van der Waals surface area contributed by atoms with Gasteiger partial charge in [0.25, 0.3) is 5.91 Å². The van der Waals surface area contributed by atoms with E-state index in [1.807, 2.05) is 28.6 Å². The predicted octanol–water partition coefficient (Wildman–Crippen LogP) is 5.26. The lowest BCUT2D eigenvalue weighted by Gasteiger charge is -2.15. The van der Waals surface area contributed by atoms with Gasteiger partial charge >= 0.3 is 0 Å². The molecule has 10 heteroatoms. The molecule has 0 spiro atoms. The van der Waals surface area contributed by atoms with E-state index in [9.17, 15) is 4.79 Å². The van der Waals surface area contributed by atoms with Crippen LogP contribution >= 0.6 is 22.7 Å². The SMILES string of the molecule is CC1CCN(C(=O)c2nnc(-c3cnc(Nc4ccc5ncsc5c4)cc3NC(C)C)s2)C1. The Balaban J connectivity index is 1.41. The Morgan fingerprint density at radius 2 is 2.09 bits per heavy atom. The number of nitrogens with zero attached hydrogens (tertiary/aromatic N) is 5. The number of nitrogens with one attached hydrogen (secondary N) is 2. The van der Waals surface area contributed by atoms with Crippen molar-refractivity contribution >= 4 is 56.0 Å². The maximum atomic E-state index is 12.8. The van der Waals surface area contributed by atoms with Crippen molar-refractivity contribution in [2.45, 2.75) is 33.2 Å². The van der Waals surface area contributed by atoms with Crippen LogP contribution in [0.15, 0.2) is 36.0 Å². The van der Waals surface area contributed by atoms with Gasteiger partial charge in [-0.15, -0.1) is 21.5 Å². The molecule has 0 saturated carbocycles. The number of aromatic nitrogens is 4. The average molecular weight is 480 g/mol. The molecule has 4 aromatic rings. The minimum absolute atomic E-state index is 0.0360. The van der Waals surface area contributed by atoms with Gasteiger partial charge in [0.15, 0.2) is 5.01 Å². The van der Waals surface area contributed by atoms with Crippen LogP contribution in [-0.4, -0.2) is 50.1 Å². The number of anilines is 3. The molecule has 1 saturated heterocycles. The van der Waals surface area contributed by atoms with Crippen LogP contribution in [0.3, 0.4) is 0 Å². The number of hydrogen-bond acceptors (Lipinski definition) is 9. The van der Waals surface area contributed by atoms with Crippen LogP contribution in [0.4, 0.5) is 17.2 Å². The van der Waals surface area contributed by atoms with Crippen molar-refractivity contribution in [2.75, 3.05) is 23.7 Å². The summed E-state index contributed by atoms with van der Waals surface area (Å²) < 4.78 is 1.12. The third kappa shape index (κ3) is 4.67. The number of amides is 1. The maximum absolute atomic E-state index is 12.8. The molecule has 1 fully saturated rings. The van der Waals surface area contributed by atoms with Crippen molar-refractivity contribution in [1.82, 2.24) is 25.1 Å². The zero-order valence-electron chi connectivity index (χ0n) is 18.7. The Morgan fingerprint density at radius 3 is 2.88 bits per heavy atom. The maximum Gasteiger partial charge on any atom is 0.284 e. The number of benzene rings is 1. The Morgan fingerprint density at radius 1 is 1.21 bits per heavy atom. The Hall–Kier alpha value is -3.11. The molecule has 1 amide bonds. The molecule has 5 rings (SSSR count). The third-order valence-corrected chi connectivity index (χ3v) is 7.24. The first kappa shape index (κ1) is 21.7. The van der Waals surface area contributed by atoms with Crippen LogP contribution in [0.25, 0.3) is 20.8 Å². The van der Waals surface area contributed by atoms with Crippen molar-refractivity contribution in [3.05, 3.63) is 41.0 Å². The lowest BCUT2D eigenvalue weighted by molar-refractivity contribution is 0.0787. The summed E-state index contributed by atoms with van der Waals surface area (Å²) in [6.07, 6.45) is 2.82. The Labute approximate surface area is 200 Å². The smallest absolute Gasteiger partial charge is 0.284 e. The van der Waals surface area contributed by atoms with Crippen LogP contribution in [0.1, 0.15) is 37.0 Å². The van der Waals surface area contributed by atoms with Gasteiger partial charge in [-0.05, 0) is 44.4 Å². The molecule has 170 valence electrons. The molecule has 0 radical (unpaired) electrons. The molecular weight excluding hydrogens is 454 g/mol. The summed E-state index contributed by atoms with van der Waals surface area (Å²) in [7, 11) is 0. The van der Waals surface area contributed by atoms with E-state index in [1.165, 1.54) is 11.3 Å². The first-order chi connectivity index (χ1) is 16.0. The van der Waals surface area contributed by atoms with Gasteiger partial charge in [0.2, 0.25) is 5.01 Å². The van der Waals surface area contributed by atoms with Crippen LogP contribution in [-0.2, 0) is 0 Å². The normalized spacial score (nSPS) is 16.0. The molecule has 4 heterocycles. The second-order valence-corrected chi connectivity index (χ2v) is 10.5. The van der Waals surface area contributed by atoms with Gasteiger partial charge in [0.05, 0.1) is 21.3 Å². The summed E-state index contributed by atoms with van der Waals surface area (Å²) in [5, 5.41) is 16.5. The molecule has 3 aromatic heterocycles. The number of fused-ring (bicyclic) bond motifs is 1.